The molecule has 0 aliphatic heterocycles. The van der Waals surface area contributed by atoms with Crippen LogP contribution in [0.25, 0.3) is 5.65 Å². The maximum atomic E-state index is 13.8. The van der Waals surface area contributed by atoms with Crippen LogP contribution in [0.4, 0.5) is 22.0 Å². The lowest BCUT2D eigenvalue weighted by Gasteiger charge is -2.33. The molecule has 15 heteroatoms. The quantitative estimate of drug-likeness (QED) is 0.406. The number of alkyl halides is 5. The molecular formula is C24H26F5N7O3. The van der Waals surface area contributed by atoms with Crippen LogP contribution in [0.15, 0.2) is 23.1 Å². The first-order chi connectivity index (χ1) is 18.4. The number of amides is 2. The molecule has 2 unspecified atom stereocenters. The van der Waals surface area contributed by atoms with Gasteiger partial charge in [-0.25, -0.2) is 22.9 Å². The Labute approximate surface area is 218 Å². The average Bonchev–Trinajstić information content (AvgIpc) is 3.46. The number of hydrogen-bond acceptors (Lipinski definition) is 7. The summed E-state index contributed by atoms with van der Waals surface area (Å²) < 4.78 is 73.5. The molecule has 0 spiro atoms. The summed E-state index contributed by atoms with van der Waals surface area (Å²) in [4.78, 5) is 29.8. The number of aromatic nitrogens is 5. The number of nitrogens with one attached hydrogen (secondary N) is 2. The van der Waals surface area contributed by atoms with Crippen LogP contribution in [0, 0.1) is 18.8 Å². The molecule has 10 nitrogen and oxygen atoms in total. The molecule has 2 aliphatic carbocycles. The van der Waals surface area contributed by atoms with Crippen molar-refractivity contribution >= 4 is 17.5 Å². The number of nitrogens with zero attached hydrogens (tertiary/aromatic N) is 5. The van der Waals surface area contributed by atoms with E-state index in [2.05, 4.69) is 35.7 Å². The average molecular weight is 556 g/mol. The largest absolute Gasteiger partial charge is 0.408 e. The summed E-state index contributed by atoms with van der Waals surface area (Å²) in [7, 11) is 0. The standard InChI is InChI=1S/C24H26F5N7O3/c1-12-19(35-39-34-12)22(38)33-20(14-4-6-23(25,26)7-5-14)16-11-36-17(31-16)8-13(10-30-36)9-18(37)32-21(15-2-3-15)24(27,28)29/h8,10-11,14-15,20-21H,2-7,9H2,1H3,(H,32,37)(H,33,38). The highest BCUT2D eigenvalue weighted by Gasteiger charge is 2.49. The first-order valence-corrected chi connectivity index (χ1v) is 12.6. The van der Waals surface area contributed by atoms with Gasteiger partial charge in [0.2, 0.25) is 11.8 Å². The third-order valence-corrected chi connectivity index (χ3v) is 7.23. The molecule has 2 saturated carbocycles. The normalized spacial score (nSPS) is 19.5. The first-order valence-electron chi connectivity index (χ1n) is 12.6. The van der Waals surface area contributed by atoms with Gasteiger partial charge in [0, 0.05) is 12.8 Å². The zero-order valence-corrected chi connectivity index (χ0v) is 20.8. The van der Waals surface area contributed by atoms with E-state index in [0.29, 0.717) is 24.1 Å². The molecule has 0 saturated heterocycles. The second-order valence-corrected chi connectivity index (χ2v) is 10.3. The van der Waals surface area contributed by atoms with Gasteiger partial charge in [-0.15, -0.1) is 0 Å². The molecule has 2 atom stereocenters. The molecule has 210 valence electrons. The molecular weight excluding hydrogens is 529 g/mol. The zero-order valence-electron chi connectivity index (χ0n) is 20.8. The summed E-state index contributed by atoms with van der Waals surface area (Å²) in [5, 5.41) is 16.3. The van der Waals surface area contributed by atoms with E-state index in [4.69, 9.17) is 0 Å². The van der Waals surface area contributed by atoms with Crippen molar-refractivity contribution < 1.29 is 36.2 Å². The Kier molecular flexibility index (Phi) is 7.01. The van der Waals surface area contributed by atoms with Crippen LogP contribution in [-0.2, 0) is 11.2 Å². The van der Waals surface area contributed by atoms with Crippen LogP contribution in [0.2, 0.25) is 0 Å². The molecule has 2 N–H and O–H groups in total. The van der Waals surface area contributed by atoms with Crippen molar-refractivity contribution in [1.82, 2.24) is 35.5 Å². The molecule has 0 bridgehead atoms. The maximum absolute atomic E-state index is 13.8. The van der Waals surface area contributed by atoms with Gasteiger partial charge in [0.25, 0.3) is 5.91 Å². The maximum Gasteiger partial charge on any atom is 0.408 e. The highest BCUT2D eigenvalue weighted by Crippen LogP contribution is 2.42. The van der Waals surface area contributed by atoms with E-state index >= 15 is 0 Å². The van der Waals surface area contributed by atoms with Gasteiger partial charge in [-0.1, -0.05) is 5.16 Å². The van der Waals surface area contributed by atoms with Crippen molar-refractivity contribution in [3.05, 3.63) is 41.1 Å². The minimum atomic E-state index is -4.53. The minimum Gasteiger partial charge on any atom is -0.344 e. The number of rotatable bonds is 8. The molecule has 2 amide bonds. The number of aryl methyl sites for hydroxylation is 1. The van der Waals surface area contributed by atoms with Gasteiger partial charge in [0.15, 0.2) is 11.3 Å². The molecule has 2 fully saturated rings. The summed E-state index contributed by atoms with van der Waals surface area (Å²) in [5.41, 5.74) is 1.20. The van der Waals surface area contributed by atoms with Gasteiger partial charge in [0.1, 0.15) is 11.7 Å². The van der Waals surface area contributed by atoms with Gasteiger partial charge < -0.3 is 10.6 Å². The lowest BCUT2D eigenvalue weighted by molar-refractivity contribution is -0.165. The fourth-order valence-electron chi connectivity index (χ4n) is 4.96. The highest BCUT2D eigenvalue weighted by atomic mass is 19.4. The lowest BCUT2D eigenvalue weighted by Crippen LogP contribution is -2.47. The summed E-state index contributed by atoms with van der Waals surface area (Å²) >= 11 is 0. The third kappa shape index (κ3) is 6.17. The van der Waals surface area contributed by atoms with Crippen LogP contribution in [0.5, 0.6) is 0 Å². The van der Waals surface area contributed by atoms with Crippen LogP contribution in [0.3, 0.4) is 0 Å². The highest BCUT2D eigenvalue weighted by molar-refractivity contribution is 5.93. The Morgan fingerprint density at radius 2 is 1.85 bits per heavy atom. The Hall–Kier alpha value is -3.65. The molecule has 2 aliphatic rings. The predicted molar refractivity (Wildman–Crippen MR) is 124 cm³/mol. The number of carbonyl (C=O) groups is 2. The molecule has 3 aromatic rings. The Bertz CT molecular complexity index is 1360. The fraction of sp³-hybridized carbons (Fsp3) is 0.583. The molecule has 3 heterocycles. The topological polar surface area (TPSA) is 127 Å². The molecule has 3 aromatic heterocycles. The third-order valence-electron chi connectivity index (χ3n) is 7.23. The Morgan fingerprint density at radius 3 is 2.46 bits per heavy atom. The van der Waals surface area contributed by atoms with Crippen LogP contribution < -0.4 is 10.6 Å². The van der Waals surface area contributed by atoms with Crippen molar-refractivity contribution in [2.24, 2.45) is 11.8 Å². The smallest absolute Gasteiger partial charge is 0.344 e. The summed E-state index contributed by atoms with van der Waals surface area (Å²) in [6, 6.07) is -1.13. The van der Waals surface area contributed by atoms with E-state index in [1.54, 1.807) is 0 Å². The van der Waals surface area contributed by atoms with E-state index in [9.17, 15) is 31.5 Å². The summed E-state index contributed by atoms with van der Waals surface area (Å²) in [5.74, 6) is -5.13. The SMILES string of the molecule is Cc1nonc1C(=O)NC(c1cn2ncc(CC(=O)NC(C3CC3)C(F)(F)F)cc2n1)C1CCC(F)(F)CC1. The lowest BCUT2D eigenvalue weighted by atomic mass is 9.81. The molecule has 0 aromatic carbocycles. The number of halogens is 5. The molecule has 39 heavy (non-hydrogen) atoms. The predicted octanol–water partition coefficient (Wildman–Crippen LogP) is 3.72. The van der Waals surface area contributed by atoms with Crippen molar-refractivity contribution in [1.29, 1.82) is 0 Å². The van der Waals surface area contributed by atoms with Crippen LogP contribution in [0.1, 0.15) is 72.0 Å². The number of fused-ring (bicyclic) bond motifs is 1. The monoisotopic (exact) mass is 555 g/mol. The second kappa shape index (κ2) is 10.2. The second-order valence-electron chi connectivity index (χ2n) is 10.3. The first kappa shape index (κ1) is 26.9. The Morgan fingerprint density at radius 1 is 1.13 bits per heavy atom. The number of imidazole rings is 1. The number of hydrogen-bond donors (Lipinski definition) is 2. The minimum absolute atomic E-state index is 0.0420. The van der Waals surface area contributed by atoms with E-state index in [1.165, 1.54) is 29.9 Å². The van der Waals surface area contributed by atoms with Gasteiger partial charge >= 0.3 is 6.18 Å². The van der Waals surface area contributed by atoms with Gasteiger partial charge in [-0.3, -0.25) is 9.59 Å². The van der Waals surface area contributed by atoms with Crippen LogP contribution in [-0.4, -0.2) is 54.9 Å². The van der Waals surface area contributed by atoms with E-state index < -0.39 is 41.9 Å². The molecule has 0 radical (unpaired) electrons. The van der Waals surface area contributed by atoms with Crippen molar-refractivity contribution in [2.75, 3.05) is 0 Å². The fourth-order valence-corrected chi connectivity index (χ4v) is 4.96. The van der Waals surface area contributed by atoms with Crippen molar-refractivity contribution in [3.8, 4) is 0 Å². The van der Waals surface area contributed by atoms with Gasteiger partial charge in [-0.05, 0) is 61.2 Å². The Balaban J connectivity index is 1.35. The summed E-state index contributed by atoms with van der Waals surface area (Å²) in [6.07, 6.45) is -1.53. The van der Waals surface area contributed by atoms with E-state index in [-0.39, 0.29) is 55.1 Å². The van der Waals surface area contributed by atoms with Gasteiger partial charge in [0.05, 0.1) is 30.6 Å². The van der Waals surface area contributed by atoms with E-state index in [1.807, 2.05) is 0 Å². The number of carbonyl (C=O) groups excluding carboxylic acids is 2. The van der Waals surface area contributed by atoms with Gasteiger partial charge in [-0.2, -0.15) is 18.3 Å². The van der Waals surface area contributed by atoms with E-state index in [0.717, 1.165) is 0 Å². The van der Waals surface area contributed by atoms with Crippen molar-refractivity contribution in [3.63, 3.8) is 0 Å². The van der Waals surface area contributed by atoms with Crippen LogP contribution >= 0.6 is 0 Å². The molecule has 5 rings (SSSR count). The zero-order chi connectivity index (χ0) is 27.9. The van der Waals surface area contributed by atoms with Crippen molar-refractivity contribution in [2.45, 2.75) is 76.1 Å². The summed E-state index contributed by atoms with van der Waals surface area (Å²) in [6.45, 7) is 1.54.